The van der Waals surface area contributed by atoms with Crippen molar-refractivity contribution in [2.75, 3.05) is 20.2 Å². The van der Waals surface area contributed by atoms with Crippen LogP contribution in [-0.2, 0) is 4.74 Å². The van der Waals surface area contributed by atoms with Crippen LogP contribution in [0.4, 0.5) is 4.79 Å². The molecule has 1 aromatic rings. The number of aromatic nitrogens is 1. The van der Waals surface area contributed by atoms with Crippen molar-refractivity contribution in [1.29, 1.82) is 0 Å². The number of nitrogens with zero attached hydrogens (tertiary/aromatic N) is 2. The molecule has 2 rings (SSSR count). The molecule has 0 radical (unpaired) electrons. The molecule has 0 aliphatic carbocycles. The van der Waals surface area contributed by atoms with Crippen molar-refractivity contribution in [3.63, 3.8) is 0 Å². The maximum Gasteiger partial charge on any atom is 0.410 e. The molecular weight excluding hydrogens is 298 g/mol. The van der Waals surface area contributed by atoms with Crippen molar-refractivity contribution in [2.45, 2.75) is 38.8 Å². The van der Waals surface area contributed by atoms with Crippen LogP contribution in [0.15, 0.2) is 18.3 Å². The highest BCUT2D eigenvalue weighted by molar-refractivity contribution is 5.96. The quantitative estimate of drug-likeness (QED) is 0.918. The number of hydrogen-bond donors (Lipinski definition) is 1. The fourth-order valence-corrected chi connectivity index (χ4v) is 2.36. The minimum Gasteiger partial charge on any atom is -0.480 e. The summed E-state index contributed by atoms with van der Waals surface area (Å²) in [7, 11) is 1.47. The van der Waals surface area contributed by atoms with Crippen LogP contribution in [0.25, 0.3) is 0 Å². The normalized spacial score (nSPS) is 17.7. The Balaban J connectivity index is 1.93. The molecule has 0 unspecified atom stereocenters. The minimum absolute atomic E-state index is 0.111. The van der Waals surface area contributed by atoms with E-state index in [0.29, 0.717) is 25.1 Å². The molecule has 1 N–H and O–H groups in total. The van der Waals surface area contributed by atoms with Gasteiger partial charge in [0, 0.05) is 25.3 Å². The van der Waals surface area contributed by atoms with Gasteiger partial charge in [0.05, 0.1) is 7.11 Å². The maximum atomic E-state index is 12.3. The number of hydrogen-bond acceptors (Lipinski definition) is 5. The lowest BCUT2D eigenvalue weighted by Gasteiger charge is -2.24. The fourth-order valence-electron chi connectivity index (χ4n) is 2.36. The van der Waals surface area contributed by atoms with Crippen LogP contribution in [0, 0.1) is 0 Å². The van der Waals surface area contributed by atoms with Crippen molar-refractivity contribution in [3.05, 3.63) is 23.9 Å². The van der Waals surface area contributed by atoms with E-state index in [1.54, 1.807) is 23.2 Å². The SMILES string of the molecule is COc1ncccc1C(=O)N[C@@H]1CCN(C(=O)OC(C)(C)C)C1. The van der Waals surface area contributed by atoms with Crippen molar-refractivity contribution in [2.24, 2.45) is 0 Å². The second-order valence-electron chi connectivity index (χ2n) is 6.45. The van der Waals surface area contributed by atoms with Gasteiger partial charge in [-0.3, -0.25) is 4.79 Å². The molecule has 0 aromatic carbocycles. The fraction of sp³-hybridized carbons (Fsp3) is 0.562. The van der Waals surface area contributed by atoms with E-state index in [1.807, 2.05) is 20.8 Å². The summed E-state index contributed by atoms with van der Waals surface area (Å²) in [5.74, 6) is 0.0259. The second kappa shape index (κ2) is 6.85. The Kier molecular flexibility index (Phi) is 5.08. The molecular formula is C16H23N3O4. The lowest BCUT2D eigenvalue weighted by Crippen LogP contribution is -2.40. The summed E-state index contributed by atoms with van der Waals surface area (Å²) in [6.07, 6.45) is 1.90. The summed E-state index contributed by atoms with van der Waals surface area (Å²) in [5, 5.41) is 2.91. The lowest BCUT2D eigenvalue weighted by molar-refractivity contribution is 0.0290. The second-order valence-corrected chi connectivity index (χ2v) is 6.45. The van der Waals surface area contributed by atoms with Gasteiger partial charge >= 0.3 is 6.09 Å². The summed E-state index contributed by atoms with van der Waals surface area (Å²) in [4.78, 5) is 30.0. The number of nitrogens with one attached hydrogen (secondary N) is 1. The summed E-state index contributed by atoms with van der Waals surface area (Å²) in [6.45, 7) is 6.48. The molecule has 1 aromatic heterocycles. The van der Waals surface area contributed by atoms with E-state index >= 15 is 0 Å². The molecule has 1 saturated heterocycles. The zero-order valence-electron chi connectivity index (χ0n) is 14.0. The zero-order valence-corrected chi connectivity index (χ0v) is 14.0. The Morgan fingerprint density at radius 2 is 2.13 bits per heavy atom. The molecule has 2 amide bonds. The number of pyridine rings is 1. The highest BCUT2D eigenvalue weighted by Gasteiger charge is 2.31. The van der Waals surface area contributed by atoms with Gasteiger partial charge in [-0.15, -0.1) is 0 Å². The number of likely N-dealkylation sites (tertiary alicyclic amines) is 1. The average molecular weight is 321 g/mol. The van der Waals surface area contributed by atoms with E-state index in [0.717, 1.165) is 0 Å². The van der Waals surface area contributed by atoms with E-state index in [4.69, 9.17) is 9.47 Å². The molecule has 7 heteroatoms. The van der Waals surface area contributed by atoms with Crippen LogP contribution in [0.1, 0.15) is 37.6 Å². The molecule has 23 heavy (non-hydrogen) atoms. The summed E-state index contributed by atoms with van der Waals surface area (Å²) in [6, 6.07) is 3.22. The van der Waals surface area contributed by atoms with Gasteiger partial charge in [0.15, 0.2) is 0 Å². The average Bonchev–Trinajstić information content (AvgIpc) is 2.94. The summed E-state index contributed by atoms with van der Waals surface area (Å²) >= 11 is 0. The molecule has 1 aliphatic heterocycles. The minimum atomic E-state index is -0.526. The number of carbonyl (C=O) groups excluding carboxylic acids is 2. The third-order valence-electron chi connectivity index (χ3n) is 3.38. The van der Waals surface area contributed by atoms with E-state index < -0.39 is 5.60 Å². The third kappa shape index (κ3) is 4.58. The van der Waals surface area contributed by atoms with Crippen LogP contribution in [0.2, 0.25) is 0 Å². The molecule has 0 spiro atoms. The van der Waals surface area contributed by atoms with Crippen molar-refractivity contribution in [3.8, 4) is 5.88 Å². The van der Waals surface area contributed by atoms with Gasteiger partial charge in [-0.05, 0) is 39.3 Å². The molecule has 1 fully saturated rings. The van der Waals surface area contributed by atoms with E-state index in [9.17, 15) is 9.59 Å². The first kappa shape index (κ1) is 17.1. The smallest absolute Gasteiger partial charge is 0.410 e. The Labute approximate surface area is 136 Å². The first-order valence-electron chi connectivity index (χ1n) is 7.58. The van der Waals surface area contributed by atoms with Gasteiger partial charge in [0.2, 0.25) is 5.88 Å². The first-order valence-corrected chi connectivity index (χ1v) is 7.58. The Hall–Kier alpha value is -2.31. The van der Waals surface area contributed by atoms with E-state index in [-0.39, 0.29) is 23.9 Å². The number of ether oxygens (including phenoxy) is 2. The van der Waals surface area contributed by atoms with Gasteiger partial charge in [0.1, 0.15) is 11.2 Å². The molecule has 0 bridgehead atoms. The van der Waals surface area contributed by atoms with Gasteiger partial charge in [-0.25, -0.2) is 9.78 Å². The zero-order chi connectivity index (χ0) is 17.0. The van der Waals surface area contributed by atoms with E-state index in [1.165, 1.54) is 7.11 Å². The number of carbonyl (C=O) groups is 2. The van der Waals surface area contributed by atoms with Gasteiger partial charge in [-0.1, -0.05) is 0 Å². The number of rotatable bonds is 3. The maximum absolute atomic E-state index is 12.3. The largest absolute Gasteiger partial charge is 0.480 e. The van der Waals surface area contributed by atoms with Crippen molar-refractivity contribution >= 4 is 12.0 Å². The van der Waals surface area contributed by atoms with Crippen LogP contribution < -0.4 is 10.1 Å². The molecule has 7 nitrogen and oxygen atoms in total. The monoisotopic (exact) mass is 321 g/mol. The van der Waals surface area contributed by atoms with Crippen LogP contribution in [-0.4, -0.2) is 53.7 Å². The highest BCUT2D eigenvalue weighted by atomic mass is 16.6. The van der Waals surface area contributed by atoms with Gasteiger partial charge in [0.25, 0.3) is 5.91 Å². The van der Waals surface area contributed by atoms with Gasteiger partial charge in [-0.2, -0.15) is 0 Å². The lowest BCUT2D eigenvalue weighted by atomic mass is 10.2. The number of methoxy groups -OCH3 is 1. The molecule has 2 heterocycles. The molecule has 0 saturated carbocycles. The van der Waals surface area contributed by atoms with E-state index in [2.05, 4.69) is 10.3 Å². The molecule has 1 aliphatic rings. The van der Waals surface area contributed by atoms with Crippen molar-refractivity contribution < 1.29 is 19.1 Å². The predicted octanol–water partition coefficient (Wildman–Crippen LogP) is 1.83. The van der Waals surface area contributed by atoms with Crippen molar-refractivity contribution in [1.82, 2.24) is 15.2 Å². The van der Waals surface area contributed by atoms with Crippen LogP contribution in [0.3, 0.4) is 0 Å². The van der Waals surface area contributed by atoms with Gasteiger partial charge < -0.3 is 19.7 Å². The topological polar surface area (TPSA) is 80.8 Å². The third-order valence-corrected chi connectivity index (χ3v) is 3.38. The summed E-state index contributed by atoms with van der Waals surface area (Å²) < 4.78 is 10.4. The van der Waals surface area contributed by atoms with Crippen LogP contribution >= 0.6 is 0 Å². The summed E-state index contributed by atoms with van der Waals surface area (Å²) in [5.41, 5.74) is -0.146. The standard InChI is InChI=1S/C16H23N3O4/c1-16(2,3)23-15(21)19-9-7-11(10-19)18-13(20)12-6-5-8-17-14(12)22-4/h5-6,8,11H,7,9-10H2,1-4H3,(H,18,20)/t11-/m1/s1. The number of amides is 2. The Bertz CT molecular complexity index is 583. The highest BCUT2D eigenvalue weighted by Crippen LogP contribution is 2.17. The molecule has 126 valence electrons. The first-order chi connectivity index (χ1) is 10.8. The predicted molar refractivity (Wildman–Crippen MR) is 84.5 cm³/mol. The Morgan fingerprint density at radius 3 is 2.78 bits per heavy atom. The Morgan fingerprint density at radius 1 is 1.39 bits per heavy atom. The van der Waals surface area contributed by atoms with Crippen LogP contribution in [0.5, 0.6) is 5.88 Å². The molecule has 1 atom stereocenters.